The van der Waals surface area contributed by atoms with Crippen molar-refractivity contribution >= 4 is 23.5 Å². The Morgan fingerprint density at radius 3 is 2.37 bits per heavy atom. The van der Waals surface area contributed by atoms with Crippen LogP contribution in [0.4, 0.5) is 18.9 Å². The van der Waals surface area contributed by atoms with Gasteiger partial charge in [-0.2, -0.15) is 0 Å². The molecule has 0 bridgehead atoms. The number of esters is 1. The lowest BCUT2D eigenvalue weighted by atomic mass is 9.74. The Hall–Kier alpha value is -2.78. The number of methoxy groups -OCH3 is 1. The standard InChI is InChI=1S/C20H23F3N2O5/c1-13(26)25-12-19(15-11-14(3-4-16(15)25)30-20(21,22)23)7-9-24(10-8-19)17(27)5-6-18(28)29-2/h3-4,11H,5-10,12H2,1-2H3. The number of likely N-dealkylation sites (tertiary alicyclic amines) is 1. The molecule has 0 saturated carbocycles. The third-order valence-corrected chi connectivity index (χ3v) is 5.75. The number of halogens is 3. The van der Waals surface area contributed by atoms with Gasteiger partial charge in [-0.1, -0.05) is 0 Å². The highest BCUT2D eigenvalue weighted by atomic mass is 19.4. The van der Waals surface area contributed by atoms with Crippen LogP contribution >= 0.6 is 0 Å². The van der Waals surface area contributed by atoms with Crippen LogP contribution in [0.1, 0.15) is 38.2 Å². The van der Waals surface area contributed by atoms with E-state index >= 15 is 0 Å². The normalized spacial score (nSPS) is 17.6. The number of amides is 2. The second-order valence-electron chi connectivity index (χ2n) is 7.57. The number of nitrogens with zero attached hydrogens (tertiary/aromatic N) is 2. The zero-order chi connectivity index (χ0) is 22.1. The molecule has 7 nitrogen and oxygen atoms in total. The molecule has 2 amide bonds. The van der Waals surface area contributed by atoms with Crippen molar-refractivity contribution in [2.45, 2.75) is 44.4 Å². The van der Waals surface area contributed by atoms with Crippen molar-refractivity contribution in [2.24, 2.45) is 0 Å². The first-order valence-corrected chi connectivity index (χ1v) is 9.58. The van der Waals surface area contributed by atoms with Crippen LogP contribution in [-0.2, 0) is 24.5 Å². The molecule has 3 rings (SSSR count). The maximum Gasteiger partial charge on any atom is 0.573 e. The maximum atomic E-state index is 12.7. The average Bonchev–Trinajstić information content (AvgIpc) is 2.99. The van der Waals surface area contributed by atoms with Crippen LogP contribution in [0.3, 0.4) is 0 Å². The number of hydrogen-bond acceptors (Lipinski definition) is 5. The largest absolute Gasteiger partial charge is 0.573 e. The predicted molar refractivity (Wildman–Crippen MR) is 99.9 cm³/mol. The van der Waals surface area contributed by atoms with Gasteiger partial charge in [0.2, 0.25) is 11.8 Å². The molecular formula is C20H23F3N2O5. The fourth-order valence-electron chi connectivity index (χ4n) is 4.21. The summed E-state index contributed by atoms with van der Waals surface area (Å²) in [6, 6.07) is 4.02. The van der Waals surface area contributed by atoms with Gasteiger partial charge in [0.1, 0.15) is 5.75 Å². The Bertz CT molecular complexity index is 847. The number of anilines is 1. The van der Waals surface area contributed by atoms with Crippen LogP contribution < -0.4 is 9.64 Å². The van der Waals surface area contributed by atoms with Crippen molar-refractivity contribution < 1.29 is 37.0 Å². The van der Waals surface area contributed by atoms with Gasteiger partial charge in [0.15, 0.2) is 0 Å². The molecule has 2 aliphatic rings. The lowest BCUT2D eigenvalue weighted by molar-refractivity contribution is -0.274. The van der Waals surface area contributed by atoms with Gasteiger partial charge >= 0.3 is 12.3 Å². The van der Waals surface area contributed by atoms with Gasteiger partial charge in [-0.15, -0.1) is 13.2 Å². The molecule has 0 radical (unpaired) electrons. The molecule has 1 aromatic carbocycles. The molecule has 0 aliphatic carbocycles. The van der Waals surface area contributed by atoms with E-state index in [-0.39, 0.29) is 30.4 Å². The molecule has 2 aliphatic heterocycles. The van der Waals surface area contributed by atoms with E-state index in [1.54, 1.807) is 9.80 Å². The van der Waals surface area contributed by atoms with Crippen molar-refractivity contribution in [3.63, 3.8) is 0 Å². The van der Waals surface area contributed by atoms with Gasteiger partial charge in [-0.25, -0.2) is 0 Å². The highest BCUT2D eigenvalue weighted by Crippen LogP contribution is 2.48. The van der Waals surface area contributed by atoms with E-state index in [9.17, 15) is 27.6 Å². The molecule has 0 aromatic heterocycles. The van der Waals surface area contributed by atoms with Gasteiger partial charge in [0.25, 0.3) is 0 Å². The van der Waals surface area contributed by atoms with Crippen LogP contribution in [0.15, 0.2) is 18.2 Å². The molecule has 2 heterocycles. The van der Waals surface area contributed by atoms with Gasteiger partial charge in [0, 0.05) is 44.1 Å². The van der Waals surface area contributed by atoms with Crippen LogP contribution in [0.25, 0.3) is 0 Å². The summed E-state index contributed by atoms with van der Waals surface area (Å²) in [5.74, 6) is -1.17. The molecule has 1 saturated heterocycles. The second kappa shape index (κ2) is 8.16. The number of rotatable bonds is 4. The van der Waals surface area contributed by atoms with E-state index in [1.807, 2.05) is 0 Å². The minimum absolute atomic E-state index is 0.00390. The smallest absolute Gasteiger partial charge is 0.469 e. The number of carbonyl (C=O) groups is 3. The Labute approximate surface area is 171 Å². The van der Waals surface area contributed by atoms with E-state index in [1.165, 1.54) is 32.2 Å². The Kier molecular flexibility index (Phi) is 5.96. The van der Waals surface area contributed by atoms with Crippen molar-refractivity contribution in [2.75, 3.05) is 31.6 Å². The predicted octanol–water partition coefficient (Wildman–Crippen LogP) is 2.77. The molecule has 10 heteroatoms. The second-order valence-corrected chi connectivity index (χ2v) is 7.57. The fourth-order valence-corrected chi connectivity index (χ4v) is 4.21. The summed E-state index contributed by atoms with van der Waals surface area (Å²) < 4.78 is 46.6. The number of carbonyl (C=O) groups excluding carboxylic acids is 3. The zero-order valence-electron chi connectivity index (χ0n) is 16.8. The molecule has 1 aromatic rings. The number of benzene rings is 1. The summed E-state index contributed by atoms with van der Waals surface area (Å²) in [5.41, 5.74) is 0.647. The summed E-state index contributed by atoms with van der Waals surface area (Å²) in [6.07, 6.45) is -3.79. The summed E-state index contributed by atoms with van der Waals surface area (Å²) in [5, 5.41) is 0. The van der Waals surface area contributed by atoms with Crippen LogP contribution in [-0.4, -0.2) is 55.8 Å². The van der Waals surface area contributed by atoms with Crippen LogP contribution in [0.5, 0.6) is 5.75 Å². The van der Waals surface area contributed by atoms with Gasteiger partial charge in [-0.05, 0) is 36.6 Å². The molecule has 0 N–H and O–H groups in total. The molecule has 30 heavy (non-hydrogen) atoms. The van der Waals surface area contributed by atoms with E-state index in [0.717, 1.165) is 0 Å². The number of fused-ring (bicyclic) bond motifs is 2. The average molecular weight is 428 g/mol. The van der Waals surface area contributed by atoms with E-state index in [4.69, 9.17) is 0 Å². The van der Waals surface area contributed by atoms with Gasteiger partial charge < -0.3 is 19.3 Å². The Morgan fingerprint density at radius 2 is 1.80 bits per heavy atom. The highest BCUT2D eigenvalue weighted by molar-refractivity contribution is 5.95. The SMILES string of the molecule is COC(=O)CCC(=O)N1CCC2(CC1)CN(C(C)=O)c1ccc(OC(F)(F)F)cc12. The third-order valence-electron chi connectivity index (χ3n) is 5.75. The number of hydrogen-bond donors (Lipinski definition) is 0. The Balaban J connectivity index is 1.79. The summed E-state index contributed by atoms with van der Waals surface area (Å²) in [6.45, 7) is 2.52. The first-order valence-electron chi connectivity index (χ1n) is 9.58. The molecular weight excluding hydrogens is 405 g/mol. The molecule has 1 fully saturated rings. The lowest BCUT2D eigenvalue weighted by Gasteiger charge is -2.40. The van der Waals surface area contributed by atoms with Crippen molar-refractivity contribution in [1.82, 2.24) is 4.90 Å². The quantitative estimate of drug-likeness (QED) is 0.690. The van der Waals surface area contributed by atoms with Crippen molar-refractivity contribution in [1.29, 1.82) is 0 Å². The van der Waals surface area contributed by atoms with Crippen LogP contribution in [0, 0.1) is 0 Å². The van der Waals surface area contributed by atoms with Crippen molar-refractivity contribution in [3.05, 3.63) is 23.8 Å². The molecule has 1 spiro atoms. The minimum atomic E-state index is -4.81. The fraction of sp³-hybridized carbons (Fsp3) is 0.550. The first-order chi connectivity index (χ1) is 14.0. The highest BCUT2D eigenvalue weighted by Gasteiger charge is 2.47. The third kappa shape index (κ3) is 4.52. The molecule has 0 atom stereocenters. The van der Waals surface area contributed by atoms with E-state index in [2.05, 4.69) is 9.47 Å². The van der Waals surface area contributed by atoms with E-state index < -0.39 is 17.7 Å². The Morgan fingerprint density at radius 1 is 1.13 bits per heavy atom. The summed E-state index contributed by atoms with van der Waals surface area (Å²) in [7, 11) is 1.26. The zero-order valence-corrected chi connectivity index (χ0v) is 16.8. The molecule has 0 unspecified atom stereocenters. The lowest BCUT2D eigenvalue weighted by Crippen LogP contribution is -2.47. The summed E-state index contributed by atoms with van der Waals surface area (Å²) in [4.78, 5) is 38.9. The number of piperidine rings is 1. The maximum absolute atomic E-state index is 12.7. The van der Waals surface area contributed by atoms with E-state index in [0.29, 0.717) is 43.7 Å². The van der Waals surface area contributed by atoms with Crippen molar-refractivity contribution in [3.8, 4) is 5.75 Å². The topological polar surface area (TPSA) is 76.2 Å². The molecule has 164 valence electrons. The number of ether oxygens (including phenoxy) is 2. The van der Waals surface area contributed by atoms with Gasteiger partial charge in [0.05, 0.1) is 13.5 Å². The first kappa shape index (κ1) is 21.9. The summed E-state index contributed by atoms with van der Waals surface area (Å²) >= 11 is 0. The van der Waals surface area contributed by atoms with Gasteiger partial charge in [-0.3, -0.25) is 14.4 Å². The minimum Gasteiger partial charge on any atom is -0.469 e. The monoisotopic (exact) mass is 428 g/mol. The van der Waals surface area contributed by atoms with Crippen LogP contribution in [0.2, 0.25) is 0 Å². The number of alkyl halides is 3.